The fraction of sp³-hybridized carbons (Fsp3) is 0. The van der Waals surface area contributed by atoms with Crippen molar-refractivity contribution in [3.8, 4) is 72.8 Å². The molecule has 0 N–H and O–H groups in total. The van der Waals surface area contributed by atoms with Gasteiger partial charge in [0.15, 0.2) is 0 Å². The lowest BCUT2D eigenvalue weighted by atomic mass is 9.96. The fourth-order valence-corrected chi connectivity index (χ4v) is 16.7. The molecular formula is C92H54N6O2. The molecule has 0 saturated carbocycles. The summed E-state index contributed by atoms with van der Waals surface area (Å²) in [6, 6.07) is 119. The number of para-hydroxylation sites is 9. The van der Waals surface area contributed by atoms with Crippen LogP contribution >= 0.6 is 0 Å². The Hall–Kier alpha value is -13.6. The summed E-state index contributed by atoms with van der Waals surface area (Å²) < 4.78 is 20.7. The van der Waals surface area contributed by atoms with Crippen LogP contribution < -0.4 is 4.90 Å². The first kappa shape index (κ1) is 54.7. The lowest BCUT2D eigenvalue weighted by molar-refractivity contribution is 0.655. The quantitative estimate of drug-likeness (QED) is 0.159. The molecule has 100 heavy (non-hydrogen) atoms. The Morgan fingerprint density at radius 1 is 0.250 bits per heavy atom. The van der Waals surface area contributed by atoms with Gasteiger partial charge in [0.1, 0.15) is 11.2 Å². The van der Waals surface area contributed by atoms with Crippen LogP contribution in [0.5, 0.6) is 0 Å². The summed E-state index contributed by atoms with van der Waals surface area (Å²) in [6.45, 7) is 0. The minimum absolute atomic E-state index is 0.581. The zero-order valence-electron chi connectivity index (χ0n) is 53.7. The third-order valence-corrected chi connectivity index (χ3v) is 21.0. The maximum absolute atomic E-state index is 6.91. The van der Waals surface area contributed by atoms with E-state index in [0.29, 0.717) is 11.4 Å². The summed E-state index contributed by atoms with van der Waals surface area (Å²) in [7, 11) is 0. The van der Waals surface area contributed by atoms with E-state index in [4.69, 9.17) is 18.8 Å². The highest BCUT2D eigenvalue weighted by Gasteiger charge is 2.34. The molecular weight excluding hydrogens is 1220 g/mol. The Bertz CT molecular complexity index is 7030. The van der Waals surface area contributed by atoms with Crippen molar-refractivity contribution in [1.82, 2.24) is 23.7 Å². The molecule has 0 fully saturated rings. The third kappa shape index (κ3) is 7.86. The second-order valence-electron chi connectivity index (χ2n) is 26.3. The van der Waals surface area contributed by atoms with Crippen molar-refractivity contribution in [3.05, 3.63) is 328 Å². The Balaban J connectivity index is 0.741. The smallest absolute Gasteiger partial charge is 0.230 e. The first-order valence-electron chi connectivity index (χ1n) is 34.0. The molecule has 0 unspecified atom stereocenters. The third-order valence-electron chi connectivity index (χ3n) is 21.0. The molecule has 0 saturated heterocycles. The number of aromatic nitrogens is 5. The van der Waals surface area contributed by atoms with Gasteiger partial charge in [-0.15, -0.1) is 0 Å². The molecule has 7 aromatic heterocycles. The SMILES string of the molecule is c1ccc(-n2c3c(c4ccccc42)-c2ccccc2N(c2c4ccc(-c5ccc6c(c5)c5ccc(-c7ccc8c(c7)c7ccccc7n8-c7ccccc7)cc5n6-c5ccc(-c6c7ccccc7nc7oc8ccccc8c67)cc5)cc4nc4oc5ccccc5c24)c2ccccc2-3)cc1. The van der Waals surface area contributed by atoms with E-state index in [9.17, 15) is 0 Å². The van der Waals surface area contributed by atoms with Crippen molar-refractivity contribution in [3.63, 3.8) is 0 Å². The number of benzene rings is 14. The Morgan fingerprint density at radius 3 is 1.40 bits per heavy atom. The highest BCUT2D eigenvalue weighted by Crippen LogP contribution is 2.57. The van der Waals surface area contributed by atoms with Crippen molar-refractivity contribution >= 4 is 138 Å². The van der Waals surface area contributed by atoms with Crippen molar-refractivity contribution in [2.45, 2.75) is 0 Å². The maximum Gasteiger partial charge on any atom is 0.230 e. The van der Waals surface area contributed by atoms with Crippen LogP contribution in [0.3, 0.4) is 0 Å². The normalized spacial score (nSPS) is 12.4. The summed E-state index contributed by atoms with van der Waals surface area (Å²) in [4.78, 5) is 13.1. The van der Waals surface area contributed by atoms with E-state index in [-0.39, 0.29) is 0 Å². The molecule has 8 heterocycles. The number of hydrogen-bond donors (Lipinski definition) is 0. The highest BCUT2D eigenvalue weighted by atomic mass is 16.3. The number of hydrogen-bond acceptors (Lipinski definition) is 5. The van der Waals surface area contributed by atoms with Crippen molar-refractivity contribution in [1.29, 1.82) is 0 Å². The molecule has 8 nitrogen and oxygen atoms in total. The molecule has 8 heteroatoms. The molecule has 0 bridgehead atoms. The van der Waals surface area contributed by atoms with Crippen LogP contribution in [0.1, 0.15) is 0 Å². The first-order valence-corrected chi connectivity index (χ1v) is 34.0. The summed E-state index contributed by atoms with van der Waals surface area (Å²) in [5.41, 5.74) is 27.9. The van der Waals surface area contributed by atoms with Crippen molar-refractivity contribution < 1.29 is 8.83 Å². The van der Waals surface area contributed by atoms with Crippen molar-refractivity contribution in [2.75, 3.05) is 4.90 Å². The van der Waals surface area contributed by atoms with Crippen LogP contribution in [0.2, 0.25) is 0 Å². The summed E-state index contributed by atoms with van der Waals surface area (Å²) in [5, 5.41) is 12.0. The van der Waals surface area contributed by atoms with Gasteiger partial charge in [-0.3, -0.25) is 0 Å². The molecule has 0 radical (unpaired) electrons. The molecule has 21 aromatic rings. The van der Waals surface area contributed by atoms with Gasteiger partial charge in [-0.2, -0.15) is 0 Å². The zero-order chi connectivity index (χ0) is 65.3. The van der Waals surface area contributed by atoms with Gasteiger partial charge in [0.2, 0.25) is 11.4 Å². The van der Waals surface area contributed by atoms with E-state index in [1.807, 2.05) is 24.3 Å². The number of rotatable bonds is 7. The topological polar surface area (TPSA) is 70.1 Å². The van der Waals surface area contributed by atoms with Crippen LogP contribution in [-0.4, -0.2) is 23.7 Å². The Morgan fingerprint density at radius 2 is 0.700 bits per heavy atom. The highest BCUT2D eigenvalue weighted by molar-refractivity contribution is 6.24. The van der Waals surface area contributed by atoms with Crippen LogP contribution in [-0.2, 0) is 0 Å². The molecule has 22 rings (SSSR count). The van der Waals surface area contributed by atoms with Gasteiger partial charge < -0.3 is 27.4 Å². The number of furan rings is 2. The van der Waals surface area contributed by atoms with E-state index in [2.05, 4.69) is 322 Å². The van der Waals surface area contributed by atoms with Gasteiger partial charge in [0.25, 0.3) is 0 Å². The van der Waals surface area contributed by atoms with Crippen LogP contribution in [0.25, 0.3) is 193 Å². The maximum atomic E-state index is 6.91. The lowest BCUT2D eigenvalue weighted by Crippen LogP contribution is -2.12. The minimum Gasteiger partial charge on any atom is -0.438 e. The predicted molar refractivity (Wildman–Crippen MR) is 413 cm³/mol. The molecule has 14 aromatic carbocycles. The number of fused-ring (bicyclic) bond motifs is 21. The van der Waals surface area contributed by atoms with Crippen LogP contribution in [0, 0.1) is 0 Å². The Labute approximate surface area is 571 Å². The first-order chi connectivity index (χ1) is 49.6. The number of anilines is 3. The van der Waals surface area contributed by atoms with Gasteiger partial charge in [0, 0.05) is 87.8 Å². The van der Waals surface area contributed by atoms with Crippen LogP contribution in [0.4, 0.5) is 17.1 Å². The molecule has 0 atom stereocenters. The second kappa shape index (κ2) is 21.0. The molecule has 464 valence electrons. The minimum atomic E-state index is 0.581. The standard InChI is InChI=1S/C92H54N6O2/c1-3-21-60(22-4-1)95-76-33-15-8-25-63(76)72-52-57(44-49-80(72)95)59-41-47-64-73-51-56(43-50-81(73)96(82(64)54-59)62-45-39-55(40-46-62)85-65-26-7-14-32-74(65)93-91-87(85)70-30-12-19-37-83(70)99-91)58-42-48-66-75(53-58)94-92-88(71-31-13-20-38-84(71)100-92)89(66)98-78-35-17-10-28-68(78)86-67-27-9-16-34-77(67)97(61-23-5-2-6-24-61)90(86)69-29-11-18-36-79(69)98/h1-54H. The van der Waals surface area contributed by atoms with Gasteiger partial charge in [0.05, 0.1) is 72.1 Å². The number of nitrogens with zero attached hydrogens (tertiary/aromatic N) is 6. The van der Waals surface area contributed by atoms with Crippen LogP contribution in [0.15, 0.2) is 336 Å². The largest absolute Gasteiger partial charge is 0.438 e. The Kier molecular flexibility index (Phi) is 11.5. The van der Waals surface area contributed by atoms with E-state index in [1.165, 1.54) is 32.8 Å². The summed E-state index contributed by atoms with van der Waals surface area (Å²) in [6.07, 6.45) is 0. The fourth-order valence-electron chi connectivity index (χ4n) is 16.7. The summed E-state index contributed by atoms with van der Waals surface area (Å²) in [5.74, 6) is 0. The van der Waals surface area contributed by atoms with E-state index >= 15 is 0 Å². The average Bonchev–Trinajstić information content (AvgIpc) is 1.54. The van der Waals surface area contributed by atoms with Gasteiger partial charge in [-0.05, 0) is 143 Å². The monoisotopic (exact) mass is 1270 g/mol. The van der Waals surface area contributed by atoms with Gasteiger partial charge >= 0.3 is 0 Å². The molecule has 0 spiro atoms. The molecule has 1 aliphatic rings. The summed E-state index contributed by atoms with van der Waals surface area (Å²) >= 11 is 0. The lowest BCUT2D eigenvalue weighted by Gasteiger charge is -2.29. The predicted octanol–water partition coefficient (Wildman–Crippen LogP) is 24.8. The molecule has 0 aliphatic carbocycles. The second-order valence-corrected chi connectivity index (χ2v) is 26.3. The zero-order valence-corrected chi connectivity index (χ0v) is 53.7. The van der Waals surface area contributed by atoms with E-state index < -0.39 is 0 Å². The van der Waals surface area contributed by atoms with Gasteiger partial charge in [-0.1, -0.05) is 212 Å². The van der Waals surface area contributed by atoms with E-state index in [0.717, 1.165) is 166 Å². The molecule has 0 amide bonds. The van der Waals surface area contributed by atoms with Gasteiger partial charge in [-0.25, -0.2) is 9.97 Å². The molecule has 1 aliphatic heterocycles. The van der Waals surface area contributed by atoms with Crippen molar-refractivity contribution in [2.24, 2.45) is 0 Å². The number of pyridine rings is 2. The average molecular weight is 1280 g/mol. The van der Waals surface area contributed by atoms with E-state index in [1.54, 1.807) is 0 Å².